The first kappa shape index (κ1) is 28.1. The van der Waals surface area contributed by atoms with Crippen molar-refractivity contribution in [3.05, 3.63) is 76.8 Å². The fourth-order valence-corrected chi connectivity index (χ4v) is 5.94. The molecule has 2 aliphatic rings. The van der Waals surface area contributed by atoms with Gasteiger partial charge < -0.3 is 19.6 Å². The predicted octanol–water partition coefficient (Wildman–Crippen LogP) is 6.07. The number of likely N-dealkylation sites (tertiary alicyclic amines) is 1. The van der Waals surface area contributed by atoms with Gasteiger partial charge >= 0.3 is 5.97 Å². The molecule has 210 valence electrons. The summed E-state index contributed by atoms with van der Waals surface area (Å²) in [5.41, 5.74) is 2.12. The number of anilines is 1. The van der Waals surface area contributed by atoms with Gasteiger partial charge in [0.1, 0.15) is 12.2 Å². The molecule has 3 aromatic carbocycles. The fourth-order valence-electron chi connectivity index (χ4n) is 5.76. The van der Waals surface area contributed by atoms with E-state index < -0.39 is 24.1 Å². The van der Waals surface area contributed by atoms with Crippen LogP contribution in [0.3, 0.4) is 0 Å². The predicted molar refractivity (Wildman–Crippen MR) is 155 cm³/mol. The van der Waals surface area contributed by atoms with E-state index in [0.29, 0.717) is 36.6 Å². The maximum Gasteiger partial charge on any atom is 0.308 e. The van der Waals surface area contributed by atoms with Crippen LogP contribution in [0.15, 0.2) is 60.7 Å². The first-order valence-corrected chi connectivity index (χ1v) is 14.1. The van der Waals surface area contributed by atoms with Gasteiger partial charge in [0.15, 0.2) is 0 Å². The number of rotatable bonds is 5. The molecule has 3 atom stereocenters. The Bertz CT molecular complexity index is 1440. The average Bonchev–Trinajstić information content (AvgIpc) is 3.02. The van der Waals surface area contributed by atoms with E-state index in [1.54, 1.807) is 15.9 Å². The Kier molecular flexibility index (Phi) is 7.89. The molecule has 3 unspecified atom stereocenters. The van der Waals surface area contributed by atoms with Crippen LogP contribution in [0, 0.1) is 11.3 Å². The number of hydrogen-bond acceptors (Lipinski definition) is 4. The Morgan fingerprint density at radius 2 is 1.80 bits per heavy atom. The van der Waals surface area contributed by atoms with Crippen LogP contribution in [0.5, 0.6) is 0 Å². The highest BCUT2D eigenvalue weighted by Crippen LogP contribution is 2.43. The third-order valence-corrected chi connectivity index (χ3v) is 7.86. The van der Waals surface area contributed by atoms with Crippen LogP contribution >= 0.6 is 11.6 Å². The number of hydrogen-bond donors (Lipinski definition) is 1. The molecular formula is C32H35ClN2O5. The van der Waals surface area contributed by atoms with E-state index in [0.717, 1.165) is 21.9 Å². The molecule has 2 heterocycles. The van der Waals surface area contributed by atoms with Gasteiger partial charge in [0.05, 0.1) is 12.3 Å². The summed E-state index contributed by atoms with van der Waals surface area (Å²) in [5.74, 6) is -2.07. The lowest BCUT2D eigenvalue weighted by Gasteiger charge is -2.33. The van der Waals surface area contributed by atoms with Crippen molar-refractivity contribution < 1.29 is 24.2 Å². The first-order valence-electron chi connectivity index (χ1n) is 13.8. The molecule has 3 aromatic rings. The molecule has 1 N–H and O–H groups in total. The van der Waals surface area contributed by atoms with Crippen molar-refractivity contribution in [2.24, 2.45) is 11.3 Å². The van der Waals surface area contributed by atoms with Gasteiger partial charge in [-0.15, -0.1) is 0 Å². The highest BCUT2D eigenvalue weighted by molar-refractivity contribution is 6.30. The van der Waals surface area contributed by atoms with Crippen molar-refractivity contribution in [1.29, 1.82) is 0 Å². The van der Waals surface area contributed by atoms with Crippen LogP contribution in [-0.4, -0.2) is 53.5 Å². The molecule has 0 saturated carbocycles. The number of fused-ring (bicyclic) bond motifs is 2. The van der Waals surface area contributed by atoms with Crippen molar-refractivity contribution in [1.82, 2.24) is 4.90 Å². The van der Waals surface area contributed by atoms with Crippen LogP contribution in [0.1, 0.15) is 57.3 Å². The van der Waals surface area contributed by atoms with E-state index in [1.165, 1.54) is 0 Å². The highest BCUT2D eigenvalue weighted by Gasteiger charge is 2.40. The number of carboxylic acid groups (broad SMARTS) is 1. The number of carbonyl (C=O) groups is 3. The summed E-state index contributed by atoms with van der Waals surface area (Å²) in [7, 11) is 0. The van der Waals surface area contributed by atoms with Gasteiger partial charge in [-0.1, -0.05) is 74.8 Å². The largest absolute Gasteiger partial charge is 0.481 e. The molecular weight excluding hydrogens is 528 g/mol. The quantitative estimate of drug-likeness (QED) is 0.407. The van der Waals surface area contributed by atoms with Crippen molar-refractivity contribution in [2.75, 3.05) is 24.5 Å². The second kappa shape index (κ2) is 11.2. The van der Waals surface area contributed by atoms with E-state index in [4.69, 9.17) is 16.3 Å². The minimum Gasteiger partial charge on any atom is -0.481 e. The van der Waals surface area contributed by atoms with Crippen LogP contribution in [0.25, 0.3) is 10.8 Å². The number of piperidine rings is 1. The second-order valence-corrected chi connectivity index (χ2v) is 12.4. The zero-order chi connectivity index (χ0) is 28.6. The number of aliphatic carboxylic acids is 1. The molecule has 0 radical (unpaired) electrons. The smallest absolute Gasteiger partial charge is 0.308 e. The molecule has 0 aromatic heterocycles. The Labute approximate surface area is 239 Å². The van der Waals surface area contributed by atoms with Crippen molar-refractivity contribution in [3.8, 4) is 0 Å². The number of carboxylic acids is 1. The van der Waals surface area contributed by atoms with Crippen LogP contribution in [-0.2, 0) is 19.1 Å². The Hall–Kier alpha value is -3.42. The lowest BCUT2D eigenvalue weighted by molar-refractivity contribution is -0.148. The lowest BCUT2D eigenvalue weighted by Crippen LogP contribution is -2.47. The third kappa shape index (κ3) is 5.86. The van der Waals surface area contributed by atoms with Crippen molar-refractivity contribution >= 4 is 45.8 Å². The monoisotopic (exact) mass is 562 g/mol. The first-order chi connectivity index (χ1) is 19.0. The SMILES string of the molecule is CC(C)(C)CN1C(=O)C(CC(=O)N2CCCC(C(=O)O)C2)OC(c2cccc3ccccc23)c2cc(Cl)ccc21. The van der Waals surface area contributed by atoms with Crippen molar-refractivity contribution in [3.63, 3.8) is 0 Å². The van der Waals surface area contributed by atoms with E-state index >= 15 is 0 Å². The van der Waals surface area contributed by atoms with Crippen LogP contribution in [0.2, 0.25) is 5.02 Å². The van der Waals surface area contributed by atoms with Crippen LogP contribution < -0.4 is 4.90 Å². The standard InChI is InChI=1S/C32H35ClN2O5/c1-32(2,3)19-35-26-14-13-22(33)16-25(26)29(24-12-6-9-20-8-4-5-11-23(20)24)40-27(30(35)37)17-28(36)34-15-7-10-21(18-34)31(38)39/h4-6,8-9,11-14,16,21,27,29H,7,10,15,17-19H2,1-3H3,(H,38,39). The molecule has 40 heavy (non-hydrogen) atoms. The molecule has 2 aliphatic heterocycles. The minimum absolute atomic E-state index is 0.142. The summed E-state index contributed by atoms with van der Waals surface area (Å²) in [6, 6.07) is 19.5. The zero-order valence-electron chi connectivity index (χ0n) is 23.1. The summed E-state index contributed by atoms with van der Waals surface area (Å²) in [5, 5.41) is 12.1. The van der Waals surface area contributed by atoms with Gasteiger partial charge in [-0.25, -0.2) is 0 Å². The van der Waals surface area contributed by atoms with Gasteiger partial charge in [0.2, 0.25) is 5.91 Å². The minimum atomic E-state index is -1.06. The average molecular weight is 563 g/mol. The summed E-state index contributed by atoms with van der Waals surface area (Å²) in [6.07, 6.45) is -0.735. The van der Waals surface area contributed by atoms with E-state index in [-0.39, 0.29) is 30.2 Å². The summed E-state index contributed by atoms with van der Waals surface area (Å²) >= 11 is 6.51. The van der Waals surface area contributed by atoms with E-state index in [9.17, 15) is 19.5 Å². The number of carbonyl (C=O) groups excluding carboxylic acids is 2. The summed E-state index contributed by atoms with van der Waals surface area (Å²) < 4.78 is 6.67. The Morgan fingerprint density at radius 3 is 2.55 bits per heavy atom. The molecule has 8 heteroatoms. The van der Waals surface area contributed by atoms with Gasteiger partial charge in [-0.3, -0.25) is 14.4 Å². The molecule has 1 saturated heterocycles. The van der Waals surface area contributed by atoms with E-state index in [2.05, 4.69) is 20.8 Å². The van der Waals surface area contributed by atoms with Gasteiger partial charge in [-0.05, 0) is 52.8 Å². The zero-order valence-corrected chi connectivity index (χ0v) is 23.9. The molecule has 5 rings (SSSR count). The number of halogens is 1. The molecule has 0 spiro atoms. The maximum absolute atomic E-state index is 14.2. The molecule has 7 nitrogen and oxygen atoms in total. The molecule has 0 aliphatic carbocycles. The topological polar surface area (TPSA) is 87.2 Å². The van der Waals surface area contributed by atoms with Gasteiger partial charge in [0, 0.05) is 35.9 Å². The Balaban J connectivity index is 1.59. The highest BCUT2D eigenvalue weighted by atomic mass is 35.5. The van der Waals surface area contributed by atoms with Gasteiger partial charge in [0.25, 0.3) is 5.91 Å². The molecule has 2 amide bonds. The molecule has 1 fully saturated rings. The lowest BCUT2D eigenvalue weighted by atomic mass is 9.93. The third-order valence-electron chi connectivity index (χ3n) is 7.63. The Morgan fingerprint density at radius 1 is 1.05 bits per heavy atom. The number of amides is 2. The summed E-state index contributed by atoms with van der Waals surface area (Å²) in [4.78, 5) is 42.6. The fraction of sp³-hybridized carbons (Fsp3) is 0.406. The van der Waals surface area contributed by atoms with Crippen LogP contribution in [0.4, 0.5) is 5.69 Å². The number of nitrogens with zero attached hydrogens (tertiary/aromatic N) is 2. The number of ether oxygens (including phenoxy) is 1. The maximum atomic E-state index is 14.2. The normalized spacial score (nSPS) is 21.7. The van der Waals surface area contributed by atoms with Gasteiger partial charge in [-0.2, -0.15) is 0 Å². The van der Waals surface area contributed by atoms with E-state index in [1.807, 2.05) is 54.6 Å². The van der Waals surface area contributed by atoms with Crippen molar-refractivity contribution in [2.45, 2.75) is 52.2 Å². The molecule has 0 bridgehead atoms. The second-order valence-electron chi connectivity index (χ2n) is 12.0. The number of benzene rings is 3. The summed E-state index contributed by atoms with van der Waals surface area (Å²) in [6.45, 7) is 7.21.